The summed E-state index contributed by atoms with van der Waals surface area (Å²) in [6, 6.07) is 12.9. The molecule has 0 aliphatic carbocycles. The van der Waals surface area contributed by atoms with Crippen molar-refractivity contribution in [2.75, 3.05) is 32.7 Å². The molecule has 0 bridgehead atoms. The van der Waals surface area contributed by atoms with Crippen LogP contribution in [0.5, 0.6) is 0 Å². The molecule has 1 atom stereocenters. The first-order valence-electron chi connectivity index (χ1n) is 9.55. The van der Waals surface area contributed by atoms with Gasteiger partial charge in [-0.25, -0.2) is 0 Å². The number of fused-ring (bicyclic) bond motifs is 1. The Hall–Kier alpha value is -1.69. The molecule has 4 nitrogen and oxygen atoms in total. The third-order valence-corrected chi connectivity index (χ3v) is 6.16. The number of thiophene rings is 1. The number of hydrogen-bond acceptors (Lipinski definition) is 4. The molecule has 0 saturated carbocycles. The minimum atomic E-state index is 0.228. The number of rotatable bonds is 8. The van der Waals surface area contributed by atoms with Crippen LogP contribution in [-0.4, -0.2) is 48.4 Å². The van der Waals surface area contributed by atoms with Gasteiger partial charge in [0.25, 0.3) is 0 Å². The van der Waals surface area contributed by atoms with Crippen molar-refractivity contribution in [1.29, 1.82) is 0 Å². The van der Waals surface area contributed by atoms with Gasteiger partial charge < -0.3 is 10.6 Å². The van der Waals surface area contributed by atoms with Gasteiger partial charge in [-0.2, -0.15) is 0 Å². The first-order chi connectivity index (χ1) is 12.7. The molecule has 2 heterocycles. The molecule has 140 valence electrons. The van der Waals surface area contributed by atoms with Crippen LogP contribution in [0.15, 0.2) is 41.8 Å². The minimum Gasteiger partial charge on any atom is -0.334 e. The summed E-state index contributed by atoms with van der Waals surface area (Å²) < 4.78 is 0. The third kappa shape index (κ3) is 4.53. The van der Waals surface area contributed by atoms with Crippen LogP contribution < -0.4 is 5.73 Å². The second-order valence-corrected chi connectivity index (χ2v) is 7.86. The monoisotopic (exact) mass is 371 g/mol. The number of amides is 1. The zero-order chi connectivity index (χ0) is 18.4. The smallest absolute Gasteiger partial charge is 0.237 e. The van der Waals surface area contributed by atoms with Gasteiger partial charge in [0.1, 0.15) is 0 Å². The van der Waals surface area contributed by atoms with Crippen molar-refractivity contribution in [3.63, 3.8) is 0 Å². The highest BCUT2D eigenvalue weighted by Gasteiger charge is 2.30. The molecule has 0 spiro atoms. The molecule has 0 saturated heterocycles. The summed E-state index contributed by atoms with van der Waals surface area (Å²) in [5, 5.41) is 2.15. The van der Waals surface area contributed by atoms with Crippen molar-refractivity contribution in [3.05, 3.63) is 57.8 Å². The van der Waals surface area contributed by atoms with E-state index in [2.05, 4.69) is 52.4 Å². The fourth-order valence-corrected chi connectivity index (χ4v) is 4.73. The van der Waals surface area contributed by atoms with Crippen molar-refractivity contribution in [3.8, 4) is 0 Å². The van der Waals surface area contributed by atoms with Crippen LogP contribution in [0.4, 0.5) is 0 Å². The first kappa shape index (κ1) is 19.1. The molecule has 0 fully saturated rings. The van der Waals surface area contributed by atoms with E-state index in [4.69, 9.17) is 5.73 Å². The molecular formula is C21H29N3OS. The lowest BCUT2D eigenvalue weighted by atomic mass is 9.97. The molecule has 26 heavy (non-hydrogen) atoms. The standard InChI is InChI=1S/C21H29N3OS/c1-2-19-18-10-15-26-20(18)9-13-24(19)21(25)16-23(14-11-22)12-8-17-6-4-3-5-7-17/h3-7,10,15,19H,2,8-9,11-14,16,22H2,1H3. The lowest BCUT2D eigenvalue weighted by molar-refractivity contribution is -0.135. The van der Waals surface area contributed by atoms with Crippen LogP contribution in [0.2, 0.25) is 0 Å². The fraction of sp³-hybridized carbons (Fsp3) is 0.476. The average molecular weight is 372 g/mol. The Bertz CT molecular complexity index is 700. The lowest BCUT2D eigenvalue weighted by Gasteiger charge is -2.37. The number of nitrogens with zero attached hydrogens (tertiary/aromatic N) is 2. The molecule has 1 aromatic heterocycles. The number of benzene rings is 1. The molecular weight excluding hydrogens is 342 g/mol. The Morgan fingerprint density at radius 2 is 2.08 bits per heavy atom. The van der Waals surface area contributed by atoms with E-state index in [1.807, 2.05) is 17.4 Å². The van der Waals surface area contributed by atoms with Gasteiger partial charge in [0, 0.05) is 31.1 Å². The topological polar surface area (TPSA) is 49.6 Å². The van der Waals surface area contributed by atoms with E-state index in [0.29, 0.717) is 13.1 Å². The Kier molecular flexibility index (Phi) is 6.83. The van der Waals surface area contributed by atoms with Crippen molar-refractivity contribution in [2.45, 2.75) is 32.2 Å². The van der Waals surface area contributed by atoms with Gasteiger partial charge in [-0.1, -0.05) is 37.3 Å². The Morgan fingerprint density at radius 3 is 2.81 bits per heavy atom. The quantitative estimate of drug-likeness (QED) is 0.776. The molecule has 1 aliphatic rings. The van der Waals surface area contributed by atoms with Gasteiger partial charge in [-0.3, -0.25) is 9.69 Å². The highest BCUT2D eigenvalue weighted by Crippen LogP contribution is 2.35. The summed E-state index contributed by atoms with van der Waals surface area (Å²) in [5.41, 5.74) is 8.44. The molecule has 1 amide bonds. The predicted molar refractivity (Wildman–Crippen MR) is 108 cm³/mol. The van der Waals surface area contributed by atoms with Crippen LogP contribution in [0, 0.1) is 0 Å². The van der Waals surface area contributed by atoms with Crippen LogP contribution in [-0.2, 0) is 17.6 Å². The maximum atomic E-state index is 13.0. The van der Waals surface area contributed by atoms with Crippen LogP contribution >= 0.6 is 11.3 Å². The molecule has 2 N–H and O–H groups in total. The van der Waals surface area contributed by atoms with Crippen molar-refractivity contribution in [2.24, 2.45) is 5.73 Å². The van der Waals surface area contributed by atoms with Gasteiger partial charge in [-0.15, -0.1) is 11.3 Å². The zero-order valence-electron chi connectivity index (χ0n) is 15.6. The SMILES string of the molecule is CCC1c2ccsc2CCN1C(=O)CN(CCN)CCc1ccccc1. The maximum absolute atomic E-state index is 13.0. The van der Waals surface area contributed by atoms with Crippen LogP contribution in [0.25, 0.3) is 0 Å². The molecule has 1 aliphatic heterocycles. The van der Waals surface area contributed by atoms with Crippen molar-refractivity contribution < 1.29 is 4.79 Å². The van der Waals surface area contributed by atoms with E-state index in [9.17, 15) is 4.79 Å². The summed E-state index contributed by atoms with van der Waals surface area (Å²) >= 11 is 1.82. The van der Waals surface area contributed by atoms with E-state index in [1.54, 1.807) is 0 Å². The number of carbonyl (C=O) groups excluding carboxylic acids is 1. The largest absolute Gasteiger partial charge is 0.334 e. The van der Waals surface area contributed by atoms with E-state index in [0.717, 1.165) is 38.9 Å². The van der Waals surface area contributed by atoms with Gasteiger partial charge >= 0.3 is 0 Å². The second-order valence-electron chi connectivity index (χ2n) is 6.86. The Morgan fingerprint density at radius 1 is 1.27 bits per heavy atom. The molecule has 1 unspecified atom stereocenters. The highest BCUT2D eigenvalue weighted by atomic mass is 32.1. The lowest BCUT2D eigenvalue weighted by Crippen LogP contribution is -2.46. The van der Waals surface area contributed by atoms with E-state index in [1.165, 1.54) is 16.0 Å². The second kappa shape index (κ2) is 9.31. The van der Waals surface area contributed by atoms with E-state index >= 15 is 0 Å². The number of nitrogens with two attached hydrogens (primary N) is 1. The van der Waals surface area contributed by atoms with Crippen molar-refractivity contribution >= 4 is 17.2 Å². The fourth-order valence-electron chi connectivity index (χ4n) is 3.80. The summed E-state index contributed by atoms with van der Waals surface area (Å²) in [5.74, 6) is 0.232. The summed E-state index contributed by atoms with van der Waals surface area (Å²) in [7, 11) is 0. The molecule has 1 aromatic carbocycles. The van der Waals surface area contributed by atoms with E-state index in [-0.39, 0.29) is 11.9 Å². The van der Waals surface area contributed by atoms with Gasteiger partial charge in [0.05, 0.1) is 12.6 Å². The summed E-state index contributed by atoms with van der Waals surface area (Å²) in [6.45, 7) is 5.66. The number of carbonyl (C=O) groups is 1. The summed E-state index contributed by atoms with van der Waals surface area (Å²) in [6.07, 6.45) is 2.90. The van der Waals surface area contributed by atoms with Crippen LogP contribution in [0.3, 0.4) is 0 Å². The van der Waals surface area contributed by atoms with Gasteiger partial charge in [0.15, 0.2) is 0 Å². The third-order valence-electron chi connectivity index (χ3n) is 5.17. The molecule has 5 heteroatoms. The predicted octanol–water partition coefficient (Wildman–Crippen LogP) is 3.09. The molecule has 0 radical (unpaired) electrons. The maximum Gasteiger partial charge on any atom is 0.237 e. The van der Waals surface area contributed by atoms with Gasteiger partial charge in [0.2, 0.25) is 5.91 Å². The van der Waals surface area contributed by atoms with Gasteiger partial charge in [-0.05, 0) is 41.8 Å². The molecule has 3 rings (SSSR count). The normalized spacial score (nSPS) is 16.7. The Labute approximate surface area is 160 Å². The highest BCUT2D eigenvalue weighted by molar-refractivity contribution is 7.10. The minimum absolute atomic E-state index is 0.228. The van der Waals surface area contributed by atoms with Crippen LogP contribution in [0.1, 0.15) is 35.4 Å². The van der Waals surface area contributed by atoms with E-state index < -0.39 is 0 Å². The Balaban J connectivity index is 1.62. The van der Waals surface area contributed by atoms with Crippen molar-refractivity contribution in [1.82, 2.24) is 9.80 Å². The average Bonchev–Trinajstić information content (AvgIpc) is 3.15. The number of hydrogen-bond donors (Lipinski definition) is 1. The zero-order valence-corrected chi connectivity index (χ0v) is 16.4. The summed E-state index contributed by atoms with van der Waals surface area (Å²) in [4.78, 5) is 18.8. The first-order valence-corrected chi connectivity index (χ1v) is 10.4. The molecule has 2 aromatic rings.